The molecule has 2 aromatic rings. The average molecular weight is 284 g/mol. The Hall–Kier alpha value is -1.84. The Labute approximate surface area is 116 Å². The monoisotopic (exact) mass is 284 g/mol. The maximum atomic E-state index is 12.7. The summed E-state index contributed by atoms with van der Waals surface area (Å²) in [7, 11) is 0. The van der Waals surface area contributed by atoms with Crippen molar-refractivity contribution in [3.63, 3.8) is 0 Å². The standard InChI is InChI=1S/C8H6F4.C8H10/c1-3-5(9)7(11)4(2)8(12)6(3)10;1-7-3-5-8(2)6-4-7/h1-2H3;3-6H,1-2H3. The quantitative estimate of drug-likeness (QED) is 0.463. The molecule has 2 rings (SSSR count). The van der Waals surface area contributed by atoms with Crippen LogP contribution in [-0.4, -0.2) is 0 Å². The lowest BCUT2D eigenvalue weighted by molar-refractivity contribution is 0.436. The van der Waals surface area contributed by atoms with E-state index in [4.69, 9.17) is 0 Å². The molecule has 0 aromatic heterocycles. The van der Waals surface area contributed by atoms with Crippen LogP contribution < -0.4 is 0 Å². The molecule has 2 aromatic carbocycles. The Morgan fingerprint density at radius 3 is 0.900 bits per heavy atom. The van der Waals surface area contributed by atoms with E-state index in [-0.39, 0.29) is 0 Å². The van der Waals surface area contributed by atoms with Gasteiger partial charge < -0.3 is 0 Å². The zero-order valence-electron chi connectivity index (χ0n) is 11.8. The number of halogens is 4. The summed E-state index contributed by atoms with van der Waals surface area (Å²) in [5, 5.41) is 0. The third-order valence-electron chi connectivity index (χ3n) is 2.92. The van der Waals surface area contributed by atoms with Gasteiger partial charge in [0.15, 0.2) is 23.3 Å². The van der Waals surface area contributed by atoms with E-state index in [1.807, 2.05) is 0 Å². The minimum absolute atomic E-state index is 0.629. The molecule has 0 aliphatic rings. The second-order valence-electron chi connectivity index (χ2n) is 4.66. The molecule has 0 bridgehead atoms. The Balaban J connectivity index is 0.000000217. The van der Waals surface area contributed by atoms with Crippen LogP contribution in [0.25, 0.3) is 0 Å². The van der Waals surface area contributed by atoms with Crippen molar-refractivity contribution in [2.24, 2.45) is 0 Å². The van der Waals surface area contributed by atoms with Gasteiger partial charge in [0.05, 0.1) is 0 Å². The zero-order chi connectivity index (χ0) is 15.4. The molecule has 0 heterocycles. The van der Waals surface area contributed by atoms with Gasteiger partial charge in [-0.25, -0.2) is 17.6 Å². The summed E-state index contributed by atoms with van der Waals surface area (Å²) in [6, 6.07) is 8.48. The van der Waals surface area contributed by atoms with Gasteiger partial charge in [-0.1, -0.05) is 35.4 Å². The number of hydrogen-bond acceptors (Lipinski definition) is 0. The molecule has 0 N–H and O–H groups in total. The van der Waals surface area contributed by atoms with Crippen LogP contribution in [0.15, 0.2) is 24.3 Å². The Bertz CT molecular complexity index is 475. The number of aryl methyl sites for hydroxylation is 2. The van der Waals surface area contributed by atoms with E-state index < -0.39 is 34.4 Å². The molecule has 4 heteroatoms. The normalized spacial score (nSPS) is 10.0. The van der Waals surface area contributed by atoms with Crippen LogP contribution >= 0.6 is 0 Å². The van der Waals surface area contributed by atoms with Crippen LogP contribution in [0.1, 0.15) is 22.3 Å². The van der Waals surface area contributed by atoms with Crippen LogP contribution in [0, 0.1) is 51.0 Å². The number of hydrogen-bond donors (Lipinski definition) is 0. The highest BCUT2D eigenvalue weighted by Crippen LogP contribution is 2.22. The molecule has 0 amide bonds. The highest BCUT2D eigenvalue weighted by molar-refractivity contribution is 5.27. The minimum atomic E-state index is -1.33. The third-order valence-corrected chi connectivity index (χ3v) is 2.92. The van der Waals surface area contributed by atoms with Crippen molar-refractivity contribution < 1.29 is 17.6 Å². The van der Waals surface area contributed by atoms with E-state index in [9.17, 15) is 17.6 Å². The molecule has 0 radical (unpaired) electrons. The zero-order valence-corrected chi connectivity index (χ0v) is 11.8. The van der Waals surface area contributed by atoms with Gasteiger partial charge in [0.2, 0.25) is 0 Å². The second kappa shape index (κ2) is 6.55. The van der Waals surface area contributed by atoms with Gasteiger partial charge in [0.1, 0.15) is 0 Å². The molecule has 0 nitrogen and oxygen atoms in total. The first kappa shape index (κ1) is 16.2. The van der Waals surface area contributed by atoms with Gasteiger partial charge in [0.25, 0.3) is 0 Å². The van der Waals surface area contributed by atoms with Gasteiger partial charge in [-0.2, -0.15) is 0 Å². The van der Waals surface area contributed by atoms with Crippen molar-refractivity contribution in [3.8, 4) is 0 Å². The highest BCUT2D eigenvalue weighted by Gasteiger charge is 2.19. The van der Waals surface area contributed by atoms with Gasteiger partial charge in [-0.05, 0) is 27.7 Å². The maximum Gasteiger partial charge on any atom is 0.165 e. The Morgan fingerprint density at radius 1 is 0.500 bits per heavy atom. The van der Waals surface area contributed by atoms with E-state index in [1.54, 1.807) is 0 Å². The number of benzene rings is 2. The Kier molecular flexibility index (Phi) is 5.31. The largest absolute Gasteiger partial charge is 0.203 e. The lowest BCUT2D eigenvalue weighted by atomic mass is 10.1. The predicted molar refractivity (Wildman–Crippen MR) is 71.7 cm³/mol. The summed E-state index contributed by atoms with van der Waals surface area (Å²) in [5.41, 5.74) is 1.40. The molecule has 0 aliphatic carbocycles. The van der Waals surface area contributed by atoms with Crippen LogP contribution in [0.5, 0.6) is 0 Å². The summed E-state index contributed by atoms with van der Waals surface area (Å²) in [5.74, 6) is -5.31. The van der Waals surface area contributed by atoms with Crippen molar-refractivity contribution in [1.29, 1.82) is 0 Å². The summed E-state index contributed by atoms with van der Waals surface area (Å²) < 4.78 is 50.6. The van der Waals surface area contributed by atoms with Crippen LogP contribution in [0.3, 0.4) is 0 Å². The van der Waals surface area contributed by atoms with Crippen LogP contribution in [0.4, 0.5) is 17.6 Å². The van der Waals surface area contributed by atoms with Gasteiger partial charge in [-0.15, -0.1) is 0 Å². The molecule has 0 spiro atoms. The molecule has 0 saturated carbocycles. The molecule has 0 atom stereocenters. The SMILES string of the molecule is Cc1c(F)c(F)c(C)c(F)c1F.Cc1ccc(C)cc1. The molecular weight excluding hydrogens is 268 g/mol. The van der Waals surface area contributed by atoms with E-state index in [0.29, 0.717) is 0 Å². The van der Waals surface area contributed by atoms with Gasteiger partial charge in [0, 0.05) is 11.1 Å². The first-order valence-electron chi connectivity index (χ1n) is 6.08. The fraction of sp³-hybridized carbons (Fsp3) is 0.250. The van der Waals surface area contributed by atoms with Crippen LogP contribution in [-0.2, 0) is 0 Å². The van der Waals surface area contributed by atoms with E-state index in [2.05, 4.69) is 38.1 Å². The topological polar surface area (TPSA) is 0 Å². The van der Waals surface area contributed by atoms with Crippen molar-refractivity contribution in [1.82, 2.24) is 0 Å². The van der Waals surface area contributed by atoms with Crippen molar-refractivity contribution in [3.05, 3.63) is 69.8 Å². The average Bonchev–Trinajstić information content (AvgIpc) is 2.45. The summed E-state index contributed by atoms with van der Waals surface area (Å²) in [6.07, 6.45) is 0. The highest BCUT2D eigenvalue weighted by atomic mass is 19.2. The maximum absolute atomic E-state index is 12.7. The summed E-state index contributed by atoms with van der Waals surface area (Å²) in [6.45, 7) is 6.16. The molecular formula is C16H16F4. The molecule has 20 heavy (non-hydrogen) atoms. The summed E-state index contributed by atoms with van der Waals surface area (Å²) >= 11 is 0. The lowest BCUT2D eigenvalue weighted by Gasteiger charge is -2.04. The third kappa shape index (κ3) is 3.59. The first-order valence-corrected chi connectivity index (χ1v) is 6.08. The Morgan fingerprint density at radius 2 is 0.700 bits per heavy atom. The molecule has 108 valence electrons. The summed E-state index contributed by atoms with van der Waals surface area (Å²) in [4.78, 5) is 0. The fourth-order valence-electron chi connectivity index (χ4n) is 1.49. The molecule has 0 unspecified atom stereocenters. The number of rotatable bonds is 0. The predicted octanol–water partition coefficient (Wildman–Crippen LogP) is 5.16. The van der Waals surface area contributed by atoms with Gasteiger partial charge >= 0.3 is 0 Å². The van der Waals surface area contributed by atoms with Gasteiger partial charge in [-0.3, -0.25) is 0 Å². The first-order chi connectivity index (χ1) is 9.25. The van der Waals surface area contributed by atoms with E-state index >= 15 is 0 Å². The van der Waals surface area contributed by atoms with Crippen molar-refractivity contribution >= 4 is 0 Å². The van der Waals surface area contributed by atoms with E-state index in [1.165, 1.54) is 11.1 Å². The smallest absolute Gasteiger partial charge is 0.165 e. The molecule has 0 aliphatic heterocycles. The fourth-order valence-corrected chi connectivity index (χ4v) is 1.49. The van der Waals surface area contributed by atoms with Crippen molar-refractivity contribution in [2.45, 2.75) is 27.7 Å². The lowest BCUT2D eigenvalue weighted by Crippen LogP contribution is -2.02. The van der Waals surface area contributed by atoms with Crippen LogP contribution in [0.2, 0.25) is 0 Å². The molecule has 0 fully saturated rings. The van der Waals surface area contributed by atoms with E-state index in [0.717, 1.165) is 13.8 Å². The minimum Gasteiger partial charge on any atom is -0.203 e. The molecule has 0 saturated heterocycles. The second-order valence-corrected chi connectivity index (χ2v) is 4.66. The van der Waals surface area contributed by atoms with Crippen molar-refractivity contribution in [2.75, 3.05) is 0 Å².